The molecule has 0 aliphatic carbocycles. The third kappa shape index (κ3) is 5.37. The molecule has 4 rings (SSSR count). The fourth-order valence-corrected chi connectivity index (χ4v) is 4.77. The molecule has 0 bridgehead atoms. The summed E-state index contributed by atoms with van der Waals surface area (Å²) in [6.07, 6.45) is -2.00. The molecule has 2 saturated heterocycles. The van der Waals surface area contributed by atoms with Gasteiger partial charge in [-0.15, -0.1) is 0 Å². The Kier molecular flexibility index (Phi) is 7.16. The zero-order chi connectivity index (χ0) is 24.5. The quantitative estimate of drug-likeness (QED) is 0.615. The van der Waals surface area contributed by atoms with Gasteiger partial charge in [0.05, 0.1) is 17.6 Å². The zero-order valence-electron chi connectivity index (χ0n) is 19.7. The van der Waals surface area contributed by atoms with Gasteiger partial charge in [0.15, 0.2) is 5.82 Å². The molecule has 0 saturated carbocycles. The number of likely N-dealkylation sites (tertiary alicyclic amines) is 2. The van der Waals surface area contributed by atoms with E-state index in [9.17, 15) is 18.0 Å². The van der Waals surface area contributed by atoms with Crippen LogP contribution in [0.3, 0.4) is 0 Å². The highest BCUT2D eigenvalue weighted by molar-refractivity contribution is 5.75. The number of halogens is 3. The molecule has 3 atom stereocenters. The summed E-state index contributed by atoms with van der Waals surface area (Å²) >= 11 is 0. The van der Waals surface area contributed by atoms with Gasteiger partial charge in [0.1, 0.15) is 0 Å². The van der Waals surface area contributed by atoms with Crippen LogP contribution in [0.2, 0.25) is 0 Å². The molecule has 2 amide bonds. The van der Waals surface area contributed by atoms with Crippen LogP contribution in [0, 0.1) is 0 Å². The van der Waals surface area contributed by atoms with E-state index in [0.29, 0.717) is 44.3 Å². The van der Waals surface area contributed by atoms with Gasteiger partial charge in [0, 0.05) is 45.1 Å². The van der Waals surface area contributed by atoms with E-state index in [1.807, 2.05) is 13.8 Å². The normalized spacial score (nSPS) is 24.0. The molecule has 34 heavy (non-hydrogen) atoms. The Morgan fingerprint density at radius 3 is 2.44 bits per heavy atom. The van der Waals surface area contributed by atoms with Gasteiger partial charge >= 0.3 is 12.2 Å². The summed E-state index contributed by atoms with van der Waals surface area (Å²) in [5, 5.41) is 4.07. The Hall–Kier alpha value is -2.62. The van der Waals surface area contributed by atoms with Crippen LogP contribution in [0.15, 0.2) is 28.8 Å². The molecule has 3 unspecified atom stereocenters. The van der Waals surface area contributed by atoms with Crippen LogP contribution in [-0.2, 0) is 10.9 Å². The van der Waals surface area contributed by atoms with Crippen molar-refractivity contribution in [3.05, 3.63) is 47.1 Å². The minimum atomic E-state index is -4.39. The number of ether oxygens (including phenoxy) is 1. The highest BCUT2D eigenvalue weighted by Crippen LogP contribution is 2.37. The maximum atomic E-state index is 13.4. The first kappa shape index (κ1) is 24.5. The summed E-state index contributed by atoms with van der Waals surface area (Å²) in [6.45, 7) is 5.96. The fourth-order valence-electron chi connectivity index (χ4n) is 4.77. The maximum Gasteiger partial charge on any atom is 0.416 e. The van der Waals surface area contributed by atoms with E-state index >= 15 is 0 Å². The lowest BCUT2D eigenvalue weighted by atomic mass is 9.84. The number of hydrogen-bond donors (Lipinski definition) is 0. The van der Waals surface area contributed by atoms with Crippen molar-refractivity contribution in [3.63, 3.8) is 0 Å². The molecule has 3 heterocycles. The third-order valence-electron chi connectivity index (χ3n) is 6.74. The lowest BCUT2D eigenvalue weighted by Gasteiger charge is -2.41. The van der Waals surface area contributed by atoms with E-state index in [2.05, 4.69) is 10.1 Å². The number of carbonyl (C=O) groups excluding carboxylic acids is 1. The third-order valence-corrected chi connectivity index (χ3v) is 6.74. The molecule has 0 radical (unpaired) electrons. The summed E-state index contributed by atoms with van der Waals surface area (Å²) in [5.74, 6) is 0.814. The number of rotatable bonds is 4. The van der Waals surface area contributed by atoms with Gasteiger partial charge in [-0.1, -0.05) is 31.1 Å². The second-order valence-electron chi connectivity index (χ2n) is 9.53. The van der Waals surface area contributed by atoms with Crippen molar-refractivity contribution in [2.75, 3.05) is 33.3 Å². The number of methoxy groups -OCH3 is 1. The summed E-state index contributed by atoms with van der Waals surface area (Å²) in [7, 11) is 1.65. The minimum Gasteiger partial charge on any atom is -0.380 e. The SMILES string of the molecule is COC1CCCN(C(=O)N2CC(c3ccc(C(F)(F)F)cc3)CC(c3nc(C(C)C)no3)C2)C1. The Labute approximate surface area is 197 Å². The predicted octanol–water partition coefficient (Wildman–Crippen LogP) is 5.02. The second-order valence-corrected chi connectivity index (χ2v) is 9.53. The van der Waals surface area contributed by atoms with Gasteiger partial charge in [-0.25, -0.2) is 4.79 Å². The Balaban J connectivity index is 1.58. The molecular weight excluding hydrogens is 449 g/mol. The Morgan fingerprint density at radius 2 is 1.82 bits per heavy atom. The summed E-state index contributed by atoms with van der Waals surface area (Å²) in [4.78, 5) is 21.6. The van der Waals surface area contributed by atoms with Crippen molar-refractivity contribution in [1.82, 2.24) is 19.9 Å². The lowest BCUT2D eigenvalue weighted by molar-refractivity contribution is -0.137. The fraction of sp³-hybridized carbons (Fsp3) is 0.625. The van der Waals surface area contributed by atoms with E-state index in [4.69, 9.17) is 9.26 Å². The smallest absolute Gasteiger partial charge is 0.380 e. The number of piperidine rings is 2. The first-order chi connectivity index (χ1) is 16.2. The van der Waals surface area contributed by atoms with Gasteiger partial charge in [-0.05, 0) is 37.0 Å². The molecule has 2 aromatic rings. The van der Waals surface area contributed by atoms with E-state index in [-0.39, 0.29) is 29.9 Å². The van der Waals surface area contributed by atoms with Crippen molar-refractivity contribution in [2.45, 2.75) is 63.1 Å². The van der Waals surface area contributed by atoms with Crippen molar-refractivity contribution >= 4 is 6.03 Å². The first-order valence-electron chi connectivity index (χ1n) is 11.7. The largest absolute Gasteiger partial charge is 0.416 e. The van der Waals surface area contributed by atoms with Crippen LogP contribution >= 0.6 is 0 Å². The molecule has 0 spiro atoms. The summed E-state index contributed by atoms with van der Waals surface area (Å²) in [5.41, 5.74) is 0.0708. The molecule has 7 nitrogen and oxygen atoms in total. The standard InChI is InChI=1S/C24H31F3N4O3/c1-15(2)21-28-22(34-29-21)18-11-17(16-6-8-19(9-7-16)24(25,26)27)12-31(13-18)23(32)30-10-4-5-20(14-30)33-3/h6-9,15,17-18,20H,4-5,10-14H2,1-3H3. The van der Waals surface area contributed by atoms with Gasteiger partial charge in [0.2, 0.25) is 5.89 Å². The van der Waals surface area contributed by atoms with Crippen LogP contribution in [0.5, 0.6) is 0 Å². The lowest BCUT2D eigenvalue weighted by Crippen LogP contribution is -2.52. The van der Waals surface area contributed by atoms with Crippen LogP contribution in [0.1, 0.15) is 73.7 Å². The molecule has 2 aliphatic heterocycles. The maximum absolute atomic E-state index is 13.4. The van der Waals surface area contributed by atoms with E-state index in [1.165, 1.54) is 12.1 Å². The van der Waals surface area contributed by atoms with Crippen molar-refractivity contribution in [2.24, 2.45) is 0 Å². The van der Waals surface area contributed by atoms with E-state index in [0.717, 1.165) is 30.5 Å². The number of hydrogen-bond acceptors (Lipinski definition) is 5. The second kappa shape index (κ2) is 9.93. The van der Waals surface area contributed by atoms with Gasteiger partial charge in [-0.2, -0.15) is 18.2 Å². The van der Waals surface area contributed by atoms with Gasteiger partial charge in [0.25, 0.3) is 0 Å². The van der Waals surface area contributed by atoms with Crippen molar-refractivity contribution in [1.29, 1.82) is 0 Å². The predicted molar refractivity (Wildman–Crippen MR) is 119 cm³/mol. The van der Waals surface area contributed by atoms with Gasteiger partial charge < -0.3 is 19.1 Å². The zero-order valence-corrected chi connectivity index (χ0v) is 19.7. The topological polar surface area (TPSA) is 71.7 Å². The van der Waals surface area contributed by atoms with E-state index < -0.39 is 11.7 Å². The van der Waals surface area contributed by atoms with Crippen molar-refractivity contribution < 1.29 is 27.2 Å². The number of amides is 2. The summed E-state index contributed by atoms with van der Waals surface area (Å²) < 4.78 is 50.2. The Bertz CT molecular complexity index is 977. The number of carbonyl (C=O) groups is 1. The minimum absolute atomic E-state index is 0.00791. The average molecular weight is 481 g/mol. The molecule has 10 heteroatoms. The van der Waals surface area contributed by atoms with Crippen LogP contribution in [0.4, 0.5) is 18.0 Å². The van der Waals surface area contributed by atoms with E-state index in [1.54, 1.807) is 16.9 Å². The highest BCUT2D eigenvalue weighted by Gasteiger charge is 2.38. The van der Waals surface area contributed by atoms with Crippen LogP contribution < -0.4 is 0 Å². The molecule has 186 valence electrons. The molecule has 1 aromatic carbocycles. The molecule has 2 aliphatic rings. The number of alkyl halides is 3. The molecule has 1 aromatic heterocycles. The molecule has 0 N–H and O–H groups in total. The van der Waals surface area contributed by atoms with Crippen LogP contribution in [-0.4, -0.2) is 65.4 Å². The number of nitrogens with zero attached hydrogens (tertiary/aromatic N) is 4. The molecule has 2 fully saturated rings. The number of aromatic nitrogens is 2. The number of benzene rings is 1. The van der Waals surface area contributed by atoms with Crippen LogP contribution in [0.25, 0.3) is 0 Å². The first-order valence-corrected chi connectivity index (χ1v) is 11.7. The van der Waals surface area contributed by atoms with Crippen molar-refractivity contribution in [3.8, 4) is 0 Å². The average Bonchev–Trinajstić information content (AvgIpc) is 3.34. The Morgan fingerprint density at radius 1 is 1.12 bits per heavy atom. The molecular formula is C24H31F3N4O3. The van der Waals surface area contributed by atoms with Gasteiger partial charge in [-0.3, -0.25) is 0 Å². The monoisotopic (exact) mass is 480 g/mol. The summed E-state index contributed by atoms with van der Waals surface area (Å²) in [6, 6.07) is 5.12. The number of urea groups is 1. The highest BCUT2D eigenvalue weighted by atomic mass is 19.4.